The van der Waals surface area contributed by atoms with Gasteiger partial charge in [-0.15, -0.1) is 0 Å². The van der Waals surface area contributed by atoms with Gasteiger partial charge in [0.1, 0.15) is 11.6 Å². The van der Waals surface area contributed by atoms with Crippen molar-refractivity contribution >= 4 is 45.7 Å². The van der Waals surface area contributed by atoms with E-state index < -0.39 is 0 Å². The third-order valence-corrected chi connectivity index (χ3v) is 10.7. The lowest BCUT2D eigenvalue weighted by molar-refractivity contribution is 0.631. The number of hydrogen-bond donors (Lipinski definition) is 0. The highest BCUT2D eigenvalue weighted by Gasteiger charge is 2.24. The third kappa shape index (κ3) is 7.74. The van der Waals surface area contributed by atoms with Gasteiger partial charge in [-0.1, -0.05) is 169 Å². The highest BCUT2D eigenvalue weighted by molar-refractivity contribution is 6.31. The van der Waals surface area contributed by atoms with E-state index >= 15 is 8.78 Å². The van der Waals surface area contributed by atoms with Crippen molar-refractivity contribution in [3.63, 3.8) is 0 Å². The second kappa shape index (κ2) is 16.7. The van der Waals surface area contributed by atoms with Crippen molar-refractivity contribution in [2.45, 2.75) is 0 Å². The number of halogens is 3. The van der Waals surface area contributed by atoms with E-state index in [1.807, 2.05) is 186 Å². The van der Waals surface area contributed by atoms with E-state index in [9.17, 15) is 0 Å². The summed E-state index contributed by atoms with van der Waals surface area (Å²) in [5.74, 6) is -0.712. The fourth-order valence-corrected chi connectivity index (χ4v) is 7.95. The van der Waals surface area contributed by atoms with Gasteiger partial charge in [0.25, 0.3) is 0 Å². The van der Waals surface area contributed by atoms with E-state index in [0.717, 1.165) is 44.8 Å². The summed E-state index contributed by atoms with van der Waals surface area (Å²) in [6.07, 6.45) is 0. The van der Waals surface area contributed by atoms with Crippen LogP contribution in [0.4, 0.5) is 42.9 Å². The molecule has 0 saturated heterocycles. The molecular formula is C54H37ClF2N2. The average molecular weight is 787 g/mol. The summed E-state index contributed by atoms with van der Waals surface area (Å²) >= 11 is 7.17. The summed E-state index contributed by atoms with van der Waals surface area (Å²) in [5, 5.41) is 0.449. The molecule has 284 valence electrons. The van der Waals surface area contributed by atoms with Crippen LogP contribution in [0.25, 0.3) is 44.5 Å². The maximum absolute atomic E-state index is 16.4. The Balaban J connectivity index is 1.27. The molecule has 9 aromatic carbocycles. The van der Waals surface area contributed by atoms with Gasteiger partial charge in [-0.05, 0) is 89.0 Å². The molecule has 0 bridgehead atoms. The molecule has 0 aliphatic carbocycles. The molecule has 2 nitrogen and oxygen atoms in total. The van der Waals surface area contributed by atoms with Gasteiger partial charge in [-0.2, -0.15) is 0 Å². The minimum absolute atomic E-state index is 0.356. The smallest absolute Gasteiger partial charge is 0.133 e. The molecule has 0 spiro atoms. The largest absolute Gasteiger partial charge is 0.310 e. The Labute approximate surface area is 348 Å². The van der Waals surface area contributed by atoms with Gasteiger partial charge < -0.3 is 9.80 Å². The number of rotatable bonds is 10. The van der Waals surface area contributed by atoms with Gasteiger partial charge in [0.05, 0.1) is 11.4 Å². The third-order valence-electron chi connectivity index (χ3n) is 10.4. The van der Waals surface area contributed by atoms with Crippen LogP contribution in [-0.2, 0) is 0 Å². The molecular weight excluding hydrogens is 750 g/mol. The highest BCUT2D eigenvalue weighted by atomic mass is 35.5. The highest BCUT2D eigenvalue weighted by Crippen LogP contribution is 2.47. The molecule has 0 unspecified atom stereocenters. The van der Waals surface area contributed by atoms with Gasteiger partial charge in [-0.25, -0.2) is 8.78 Å². The minimum atomic E-state index is -0.356. The summed E-state index contributed by atoms with van der Waals surface area (Å²) < 4.78 is 32.8. The lowest BCUT2D eigenvalue weighted by atomic mass is 10.00. The van der Waals surface area contributed by atoms with Crippen LogP contribution in [0.15, 0.2) is 224 Å². The summed E-state index contributed by atoms with van der Waals surface area (Å²) in [7, 11) is 0. The second-order valence-electron chi connectivity index (χ2n) is 14.2. The van der Waals surface area contributed by atoms with Crippen LogP contribution in [0.5, 0.6) is 0 Å². The Kier molecular flexibility index (Phi) is 10.5. The Morgan fingerprint density at radius 2 is 0.610 bits per heavy atom. The Morgan fingerprint density at radius 3 is 0.966 bits per heavy atom. The van der Waals surface area contributed by atoms with Gasteiger partial charge in [0.2, 0.25) is 0 Å². The minimum Gasteiger partial charge on any atom is -0.310 e. The molecule has 9 rings (SSSR count). The lowest BCUT2D eigenvalue weighted by Crippen LogP contribution is -2.15. The molecule has 0 heterocycles. The molecule has 0 radical (unpaired) electrons. The van der Waals surface area contributed by atoms with E-state index in [2.05, 4.69) is 36.4 Å². The molecule has 0 aliphatic rings. The van der Waals surface area contributed by atoms with Crippen molar-refractivity contribution in [3.8, 4) is 44.5 Å². The molecule has 0 aromatic heterocycles. The van der Waals surface area contributed by atoms with E-state index in [4.69, 9.17) is 11.6 Å². The van der Waals surface area contributed by atoms with Crippen LogP contribution in [0, 0.1) is 11.6 Å². The van der Waals surface area contributed by atoms with Gasteiger partial charge in [-0.3, -0.25) is 0 Å². The zero-order valence-corrected chi connectivity index (χ0v) is 32.6. The fraction of sp³-hybridized carbons (Fsp3) is 0. The number of para-hydroxylation sites is 2. The molecule has 0 atom stereocenters. The SMILES string of the molecule is Fc1cc(N(c2cc(Cl)cc(N(c3ccc(-c4ccccc4)c(F)c3)c3ccccc3-c3ccccc3)c2)c2ccccc2-c2ccccc2)ccc1-c1ccccc1. The number of hydrogen-bond acceptors (Lipinski definition) is 2. The fourth-order valence-electron chi connectivity index (χ4n) is 7.72. The van der Waals surface area contributed by atoms with Crippen LogP contribution < -0.4 is 9.80 Å². The Morgan fingerprint density at radius 1 is 0.288 bits per heavy atom. The molecule has 0 aliphatic heterocycles. The summed E-state index contributed by atoms with van der Waals surface area (Å²) in [6.45, 7) is 0. The molecule has 5 heteroatoms. The van der Waals surface area contributed by atoms with Gasteiger partial charge in [0, 0.05) is 50.0 Å². The lowest BCUT2D eigenvalue weighted by Gasteiger charge is -2.32. The predicted octanol–water partition coefficient (Wildman–Crippen LogP) is 16.2. The van der Waals surface area contributed by atoms with Crippen molar-refractivity contribution in [3.05, 3.63) is 241 Å². The van der Waals surface area contributed by atoms with Crippen LogP contribution in [0.3, 0.4) is 0 Å². The molecule has 0 N–H and O–H groups in total. The number of benzene rings is 9. The Hall–Kier alpha value is -7.27. The number of anilines is 6. The van der Waals surface area contributed by atoms with Crippen LogP contribution >= 0.6 is 11.6 Å². The van der Waals surface area contributed by atoms with Gasteiger partial charge >= 0.3 is 0 Å². The first-order valence-corrected chi connectivity index (χ1v) is 19.8. The maximum Gasteiger partial charge on any atom is 0.133 e. The van der Waals surface area contributed by atoms with Crippen molar-refractivity contribution in [1.82, 2.24) is 0 Å². The van der Waals surface area contributed by atoms with E-state index in [0.29, 0.717) is 38.9 Å². The summed E-state index contributed by atoms with van der Waals surface area (Å²) in [6, 6.07) is 72.0. The summed E-state index contributed by atoms with van der Waals surface area (Å²) in [4.78, 5) is 4.08. The first-order chi connectivity index (χ1) is 29.0. The zero-order valence-electron chi connectivity index (χ0n) is 31.9. The van der Waals surface area contributed by atoms with Crippen molar-refractivity contribution in [2.75, 3.05) is 9.80 Å². The molecule has 0 fully saturated rings. The quantitative estimate of drug-likeness (QED) is 0.136. The van der Waals surface area contributed by atoms with E-state index in [1.54, 1.807) is 12.1 Å². The van der Waals surface area contributed by atoms with Crippen molar-refractivity contribution in [1.29, 1.82) is 0 Å². The Bertz CT molecular complexity index is 2670. The van der Waals surface area contributed by atoms with E-state index in [1.165, 1.54) is 0 Å². The monoisotopic (exact) mass is 786 g/mol. The second-order valence-corrected chi connectivity index (χ2v) is 14.6. The standard InChI is InChI=1S/C54H37ClF2N2/c55-42-33-45(58(53-27-15-13-25-49(53)40-21-9-3-10-22-40)43-29-31-47(51(56)36-43)38-17-5-1-6-18-38)35-46(34-42)59(54-28-16-14-26-50(54)41-23-11-4-12-24-41)44-30-32-48(52(57)37-44)39-19-7-2-8-20-39/h1-37H. The molecule has 59 heavy (non-hydrogen) atoms. The molecule has 0 saturated carbocycles. The molecule has 9 aromatic rings. The first kappa shape index (κ1) is 37.3. The average Bonchev–Trinajstić information content (AvgIpc) is 3.28. The normalized spacial score (nSPS) is 11.0. The van der Waals surface area contributed by atoms with Gasteiger partial charge in [0.15, 0.2) is 0 Å². The first-order valence-electron chi connectivity index (χ1n) is 19.4. The van der Waals surface area contributed by atoms with Crippen molar-refractivity contribution < 1.29 is 8.78 Å². The summed E-state index contributed by atoms with van der Waals surface area (Å²) in [5.41, 5.74) is 10.7. The van der Waals surface area contributed by atoms with E-state index in [-0.39, 0.29) is 11.6 Å². The van der Waals surface area contributed by atoms with Crippen LogP contribution in [0.2, 0.25) is 5.02 Å². The zero-order chi connectivity index (χ0) is 40.1. The number of nitrogens with zero attached hydrogens (tertiary/aromatic N) is 2. The maximum atomic E-state index is 16.4. The van der Waals surface area contributed by atoms with Crippen LogP contribution in [-0.4, -0.2) is 0 Å². The van der Waals surface area contributed by atoms with Crippen LogP contribution in [0.1, 0.15) is 0 Å². The molecule has 0 amide bonds. The topological polar surface area (TPSA) is 6.48 Å². The predicted molar refractivity (Wildman–Crippen MR) is 242 cm³/mol. The van der Waals surface area contributed by atoms with Crippen molar-refractivity contribution in [2.24, 2.45) is 0 Å².